The lowest BCUT2D eigenvalue weighted by atomic mass is 10.1. The van der Waals surface area contributed by atoms with Gasteiger partial charge >= 0.3 is 0 Å². The molecule has 2 aromatic carbocycles. The maximum Gasteiger partial charge on any atom is 0.276 e. The first-order valence-corrected chi connectivity index (χ1v) is 11.9. The van der Waals surface area contributed by atoms with E-state index in [0.717, 1.165) is 54.9 Å². The fourth-order valence-electron chi connectivity index (χ4n) is 4.41. The van der Waals surface area contributed by atoms with Crippen LogP contribution in [0.5, 0.6) is 11.5 Å². The maximum absolute atomic E-state index is 13.4. The molecule has 1 aliphatic heterocycles. The van der Waals surface area contributed by atoms with Crippen molar-refractivity contribution in [1.29, 1.82) is 0 Å². The average Bonchev–Trinajstić information content (AvgIpc) is 3.09. The van der Waals surface area contributed by atoms with Crippen LogP contribution in [0, 0.1) is 0 Å². The molecule has 1 N–H and O–H groups in total. The molecule has 1 aliphatic rings. The smallest absolute Gasteiger partial charge is 0.276 e. The van der Waals surface area contributed by atoms with Gasteiger partial charge in [-0.2, -0.15) is 0 Å². The van der Waals surface area contributed by atoms with E-state index in [1.165, 1.54) is 0 Å². The molecule has 0 aliphatic carbocycles. The van der Waals surface area contributed by atoms with Crippen molar-refractivity contribution >= 4 is 11.6 Å². The molecule has 2 aromatic heterocycles. The van der Waals surface area contributed by atoms with Gasteiger partial charge < -0.3 is 19.4 Å². The van der Waals surface area contributed by atoms with Crippen molar-refractivity contribution in [2.45, 2.75) is 38.8 Å². The van der Waals surface area contributed by atoms with E-state index in [4.69, 9.17) is 14.5 Å². The summed E-state index contributed by atoms with van der Waals surface area (Å²) in [5.41, 5.74) is 4.12. The van der Waals surface area contributed by atoms with Gasteiger partial charge in [0, 0.05) is 36.3 Å². The number of anilines is 1. The maximum atomic E-state index is 13.4. The number of fused-ring (bicyclic) bond motifs is 1. The third kappa shape index (κ3) is 5.04. The van der Waals surface area contributed by atoms with Crippen LogP contribution in [0.2, 0.25) is 0 Å². The number of nitrogens with zero attached hydrogens (tertiary/aromatic N) is 3. The minimum atomic E-state index is -0.219. The lowest BCUT2D eigenvalue weighted by Crippen LogP contribution is -2.15. The van der Waals surface area contributed by atoms with Gasteiger partial charge in [0.25, 0.3) is 5.91 Å². The van der Waals surface area contributed by atoms with Crippen LogP contribution in [-0.2, 0) is 19.6 Å². The molecular weight excluding hydrogens is 440 g/mol. The number of aromatic nitrogens is 3. The number of hydrogen-bond donors (Lipinski definition) is 1. The summed E-state index contributed by atoms with van der Waals surface area (Å²) in [6, 6.07) is 19.2. The fraction of sp³-hybridized carbons (Fsp3) is 0.250. The molecule has 0 saturated heterocycles. The summed E-state index contributed by atoms with van der Waals surface area (Å²) in [5, 5.41) is 3.02. The number of rotatable bonds is 7. The number of benzene rings is 2. The highest BCUT2D eigenvalue weighted by atomic mass is 16.5. The summed E-state index contributed by atoms with van der Waals surface area (Å²) in [4.78, 5) is 22.3. The highest BCUT2D eigenvalue weighted by molar-refractivity contribution is 6.04. The van der Waals surface area contributed by atoms with E-state index in [1.807, 2.05) is 48.5 Å². The predicted molar refractivity (Wildman–Crippen MR) is 135 cm³/mol. The van der Waals surface area contributed by atoms with Crippen LogP contribution in [0.25, 0.3) is 11.4 Å². The first-order valence-electron chi connectivity index (χ1n) is 11.9. The lowest BCUT2D eigenvalue weighted by molar-refractivity contribution is 0.102. The molecule has 5 rings (SSSR count). The van der Waals surface area contributed by atoms with E-state index in [0.29, 0.717) is 29.5 Å². The van der Waals surface area contributed by atoms with E-state index in [9.17, 15) is 4.79 Å². The monoisotopic (exact) mass is 468 g/mol. The molecule has 3 heterocycles. The number of imidazole rings is 1. The van der Waals surface area contributed by atoms with Crippen molar-refractivity contribution in [3.63, 3.8) is 0 Å². The number of ether oxygens (including phenoxy) is 2. The number of carbonyl (C=O) groups excluding carboxylic acids is 1. The average molecular weight is 469 g/mol. The Morgan fingerprint density at radius 2 is 1.83 bits per heavy atom. The van der Waals surface area contributed by atoms with Crippen LogP contribution in [0.4, 0.5) is 5.69 Å². The SMILES string of the molecule is COc1ccc(NC(=O)c2nc(-c3ccccc3)n3c2CCCCC3)cc1OCc1ccncc1. The Morgan fingerprint density at radius 3 is 2.63 bits per heavy atom. The Kier molecular flexibility index (Phi) is 6.75. The number of hydrogen-bond acceptors (Lipinski definition) is 5. The van der Waals surface area contributed by atoms with Crippen LogP contribution in [-0.4, -0.2) is 27.6 Å². The molecule has 0 radical (unpaired) electrons. The molecule has 0 unspecified atom stereocenters. The van der Waals surface area contributed by atoms with E-state index >= 15 is 0 Å². The molecule has 7 nitrogen and oxygen atoms in total. The number of nitrogens with one attached hydrogen (secondary N) is 1. The van der Waals surface area contributed by atoms with Crippen molar-refractivity contribution in [1.82, 2.24) is 14.5 Å². The molecule has 1 amide bonds. The summed E-state index contributed by atoms with van der Waals surface area (Å²) in [7, 11) is 1.60. The molecule has 0 bridgehead atoms. The van der Waals surface area contributed by atoms with Crippen molar-refractivity contribution in [3.05, 3.63) is 90.0 Å². The van der Waals surface area contributed by atoms with Crippen molar-refractivity contribution < 1.29 is 14.3 Å². The topological polar surface area (TPSA) is 78.3 Å². The second-order valence-electron chi connectivity index (χ2n) is 8.52. The largest absolute Gasteiger partial charge is 0.493 e. The minimum absolute atomic E-state index is 0.219. The highest BCUT2D eigenvalue weighted by Crippen LogP contribution is 2.32. The van der Waals surface area contributed by atoms with Crippen LogP contribution < -0.4 is 14.8 Å². The first-order chi connectivity index (χ1) is 17.2. The van der Waals surface area contributed by atoms with Crippen molar-refractivity contribution in [2.24, 2.45) is 0 Å². The van der Waals surface area contributed by atoms with Crippen LogP contribution in [0.1, 0.15) is 41.0 Å². The number of pyridine rings is 1. The molecule has 7 heteroatoms. The van der Waals surface area contributed by atoms with E-state index < -0.39 is 0 Å². The van der Waals surface area contributed by atoms with Gasteiger partial charge in [0.05, 0.1) is 12.8 Å². The van der Waals surface area contributed by atoms with Crippen molar-refractivity contribution in [3.8, 4) is 22.9 Å². The van der Waals surface area contributed by atoms with Gasteiger partial charge in [-0.25, -0.2) is 4.98 Å². The van der Waals surface area contributed by atoms with Gasteiger partial charge in [-0.1, -0.05) is 36.8 Å². The zero-order chi connectivity index (χ0) is 24.0. The van der Waals surface area contributed by atoms with Gasteiger partial charge in [-0.15, -0.1) is 0 Å². The molecule has 178 valence electrons. The second-order valence-corrected chi connectivity index (χ2v) is 8.52. The highest BCUT2D eigenvalue weighted by Gasteiger charge is 2.24. The Bertz CT molecular complexity index is 1300. The summed E-state index contributed by atoms with van der Waals surface area (Å²) in [5.74, 6) is 1.78. The van der Waals surface area contributed by atoms with Gasteiger partial charge in [0.1, 0.15) is 18.1 Å². The molecule has 0 saturated carbocycles. The van der Waals surface area contributed by atoms with Crippen LogP contribution in [0.15, 0.2) is 73.1 Å². The summed E-state index contributed by atoms with van der Waals surface area (Å²) in [6.45, 7) is 1.24. The normalized spacial score (nSPS) is 12.9. The Labute approximate surface area is 204 Å². The first kappa shape index (κ1) is 22.7. The molecule has 35 heavy (non-hydrogen) atoms. The Hall–Kier alpha value is -4.13. The molecule has 0 atom stereocenters. The predicted octanol–water partition coefficient (Wildman–Crippen LogP) is 5.51. The summed E-state index contributed by atoms with van der Waals surface area (Å²) in [6.07, 6.45) is 7.57. The Balaban J connectivity index is 1.41. The van der Waals surface area contributed by atoms with E-state index in [1.54, 1.807) is 31.6 Å². The summed E-state index contributed by atoms with van der Waals surface area (Å²) >= 11 is 0. The van der Waals surface area contributed by atoms with Crippen molar-refractivity contribution in [2.75, 3.05) is 12.4 Å². The van der Waals surface area contributed by atoms with Gasteiger partial charge in [0.2, 0.25) is 0 Å². The van der Waals surface area contributed by atoms with Gasteiger partial charge in [-0.05, 0) is 49.1 Å². The van der Waals surface area contributed by atoms with Crippen LogP contribution >= 0.6 is 0 Å². The minimum Gasteiger partial charge on any atom is -0.493 e. The molecule has 0 spiro atoms. The van der Waals surface area contributed by atoms with Gasteiger partial charge in [0.15, 0.2) is 11.5 Å². The second kappa shape index (κ2) is 10.4. The summed E-state index contributed by atoms with van der Waals surface area (Å²) < 4.78 is 13.7. The number of amides is 1. The Morgan fingerprint density at radius 1 is 1.00 bits per heavy atom. The fourth-order valence-corrected chi connectivity index (χ4v) is 4.41. The van der Waals surface area contributed by atoms with E-state index in [2.05, 4.69) is 14.9 Å². The quantitative estimate of drug-likeness (QED) is 0.387. The third-order valence-electron chi connectivity index (χ3n) is 6.18. The zero-order valence-electron chi connectivity index (χ0n) is 19.7. The molecular formula is C28H28N4O3. The zero-order valence-corrected chi connectivity index (χ0v) is 19.7. The van der Waals surface area contributed by atoms with Crippen LogP contribution in [0.3, 0.4) is 0 Å². The van der Waals surface area contributed by atoms with E-state index in [-0.39, 0.29) is 5.91 Å². The standard InChI is InChI=1S/C28H28N4O3/c1-34-24-12-11-22(18-25(24)35-19-20-13-15-29-16-14-20)30-28(33)26-23-10-6-3-7-17-32(23)27(31-26)21-8-4-2-5-9-21/h2,4-5,8-9,11-16,18H,3,6-7,10,17,19H2,1H3,(H,30,33). The third-order valence-corrected chi connectivity index (χ3v) is 6.18. The van der Waals surface area contributed by atoms with Gasteiger partial charge in [-0.3, -0.25) is 9.78 Å². The molecule has 4 aromatic rings. The number of carbonyl (C=O) groups is 1. The molecule has 0 fully saturated rings. The lowest BCUT2D eigenvalue weighted by Gasteiger charge is -2.13. The number of methoxy groups -OCH3 is 1.